The van der Waals surface area contributed by atoms with E-state index < -0.39 is 0 Å². The molecule has 0 aromatic rings. The number of halogens is 1. The molecule has 2 fully saturated rings. The molecule has 1 aliphatic carbocycles. The van der Waals surface area contributed by atoms with Crippen LogP contribution in [0.3, 0.4) is 0 Å². The number of ether oxygens (including phenoxy) is 1. The van der Waals surface area contributed by atoms with Gasteiger partial charge in [-0.2, -0.15) is 0 Å². The lowest BCUT2D eigenvalue weighted by atomic mass is 9.82. The van der Waals surface area contributed by atoms with Crippen LogP contribution in [-0.4, -0.2) is 39.3 Å². The van der Waals surface area contributed by atoms with Gasteiger partial charge in [-0.25, -0.2) is 0 Å². The zero-order chi connectivity index (χ0) is 14.3. The first-order chi connectivity index (χ1) is 9.77. The Bertz CT molecular complexity index is 301. The zero-order valence-corrected chi connectivity index (χ0v) is 14.1. The first kappa shape index (κ1) is 18.7. The predicted molar refractivity (Wildman–Crippen MR) is 87.9 cm³/mol. The quantitative estimate of drug-likeness (QED) is 0.758. The van der Waals surface area contributed by atoms with Crippen LogP contribution in [0.5, 0.6) is 0 Å². The fourth-order valence-electron chi connectivity index (χ4n) is 3.69. The lowest BCUT2D eigenvalue weighted by Crippen LogP contribution is -2.41. The highest BCUT2D eigenvalue weighted by Crippen LogP contribution is 2.41. The molecule has 0 aromatic carbocycles. The average molecular weight is 319 g/mol. The minimum absolute atomic E-state index is 0. The highest BCUT2D eigenvalue weighted by atomic mass is 35.5. The van der Waals surface area contributed by atoms with E-state index in [0.717, 1.165) is 51.2 Å². The van der Waals surface area contributed by atoms with Crippen LogP contribution in [0.1, 0.15) is 51.4 Å². The van der Waals surface area contributed by atoms with E-state index in [9.17, 15) is 4.79 Å². The second kappa shape index (κ2) is 9.65. The summed E-state index contributed by atoms with van der Waals surface area (Å²) < 4.78 is 5.19. The van der Waals surface area contributed by atoms with Gasteiger partial charge in [0.2, 0.25) is 5.91 Å². The summed E-state index contributed by atoms with van der Waals surface area (Å²) in [7, 11) is 1.72. The second-order valence-corrected chi connectivity index (χ2v) is 6.49. The number of methoxy groups -OCH3 is 1. The lowest BCUT2D eigenvalue weighted by Gasteiger charge is -2.28. The summed E-state index contributed by atoms with van der Waals surface area (Å²) in [6, 6.07) is 0. The Hall–Kier alpha value is -0.320. The van der Waals surface area contributed by atoms with Gasteiger partial charge >= 0.3 is 0 Å². The molecule has 1 saturated carbocycles. The topological polar surface area (TPSA) is 50.4 Å². The van der Waals surface area contributed by atoms with Crippen molar-refractivity contribution in [3.63, 3.8) is 0 Å². The van der Waals surface area contributed by atoms with Gasteiger partial charge in [-0.15, -0.1) is 12.4 Å². The van der Waals surface area contributed by atoms with Gasteiger partial charge < -0.3 is 15.4 Å². The van der Waals surface area contributed by atoms with Crippen LogP contribution in [0.4, 0.5) is 0 Å². The predicted octanol–water partition coefficient (Wildman–Crippen LogP) is 2.51. The fraction of sp³-hybridized carbons (Fsp3) is 0.938. The molecule has 2 N–H and O–H groups in total. The maximum absolute atomic E-state index is 12.5. The summed E-state index contributed by atoms with van der Waals surface area (Å²) in [6.45, 7) is 3.80. The Kier molecular flexibility index (Phi) is 8.60. The van der Waals surface area contributed by atoms with Gasteiger partial charge in [-0.3, -0.25) is 4.79 Å². The molecular formula is C16H31ClN2O2. The van der Waals surface area contributed by atoms with Crippen LogP contribution in [0.2, 0.25) is 0 Å². The maximum atomic E-state index is 12.5. The van der Waals surface area contributed by atoms with Crippen LogP contribution in [-0.2, 0) is 9.53 Å². The molecule has 0 spiro atoms. The van der Waals surface area contributed by atoms with E-state index in [-0.39, 0.29) is 23.7 Å². The fourth-order valence-corrected chi connectivity index (χ4v) is 3.69. The second-order valence-electron chi connectivity index (χ2n) is 6.49. The van der Waals surface area contributed by atoms with Crippen LogP contribution in [0.25, 0.3) is 0 Å². The minimum atomic E-state index is -0.138. The monoisotopic (exact) mass is 318 g/mol. The number of hydrogen-bond acceptors (Lipinski definition) is 3. The van der Waals surface area contributed by atoms with Crippen molar-refractivity contribution in [2.45, 2.75) is 51.4 Å². The molecule has 21 heavy (non-hydrogen) atoms. The van der Waals surface area contributed by atoms with E-state index in [4.69, 9.17) is 4.74 Å². The van der Waals surface area contributed by atoms with Crippen molar-refractivity contribution >= 4 is 18.3 Å². The van der Waals surface area contributed by atoms with Gasteiger partial charge in [0.1, 0.15) is 0 Å². The normalized spacial score (nSPS) is 24.3. The van der Waals surface area contributed by atoms with E-state index in [2.05, 4.69) is 10.6 Å². The van der Waals surface area contributed by atoms with Crippen molar-refractivity contribution in [3.8, 4) is 0 Å². The molecule has 2 aliphatic rings. The smallest absolute Gasteiger partial charge is 0.226 e. The largest absolute Gasteiger partial charge is 0.385 e. The highest BCUT2D eigenvalue weighted by molar-refractivity contribution is 5.85. The third kappa shape index (κ3) is 5.42. The molecule has 1 atom stereocenters. The van der Waals surface area contributed by atoms with E-state index >= 15 is 0 Å². The molecule has 2 rings (SSSR count). The van der Waals surface area contributed by atoms with Crippen molar-refractivity contribution < 1.29 is 9.53 Å². The van der Waals surface area contributed by atoms with Gasteiger partial charge in [-0.05, 0) is 57.5 Å². The van der Waals surface area contributed by atoms with Crippen LogP contribution < -0.4 is 10.6 Å². The van der Waals surface area contributed by atoms with Gasteiger partial charge in [0, 0.05) is 20.3 Å². The lowest BCUT2D eigenvalue weighted by molar-refractivity contribution is -0.131. The van der Waals surface area contributed by atoms with Crippen LogP contribution in [0, 0.1) is 11.3 Å². The number of carbonyl (C=O) groups is 1. The Morgan fingerprint density at radius 3 is 2.71 bits per heavy atom. The van der Waals surface area contributed by atoms with Crippen LogP contribution in [0.15, 0.2) is 0 Å². The van der Waals surface area contributed by atoms with Gasteiger partial charge in [-0.1, -0.05) is 12.8 Å². The number of nitrogens with one attached hydrogen (secondary N) is 2. The Morgan fingerprint density at radius 1 is 1.33 bits per heavy atom. The van der Waals surface area contributed by atoms with Gasteiger partial charge in [0.25, 0.3) is 0 Å². The molecule has 4 nitrogen and oxygen atoms in total. The summed E-state index contributed by atoms with van der Waals surface area (Å²) in [5.41, 5.74) is -0.138. The summed E-state index contributed by atoms with van der Waals surface area (Å²) in [5, 5.41) is 6.63. The molecule has 5 heteroatoms. The third-order valence-corrected chi connectivity index (χ3v) is 5.06. The number of piperidine rings is 1. The maximum Gasteiger partial charge on any atom is 0.226 e. The molecule has 0 aromatic heterocycles. The number of carbonyl (C=O) groups excluding carboxylic acids is 1. The number of rotatable bonds is 7. The standard InChI is InChI=1S/C16H30N2O2.ClH/c1-20-12-9-16(7-2-3-8-16)15(19)18-11-6-14-5-4-10-17-13-14;/h14,17H,2-13H2,1H3,(H,18,19);1H. The Balaban J connectivity index is 0.00000220. The first-order valence-electron chi connectivity index (χ1n) is 8.25. The summed E-state index contributed by atoms with van der Waals surface area (Å²) in [5.74, 6) is 1.01. The molecule has 1 unspecified atom stereocenters. The van der Waals surface area contributed by atoms with Crippen molar-refractivity contribution in [1.82, 2.24) is 10.6 Å². The van der Waals surface area contributed by atoms with E-state index in [1.807, 2.05) is 0 Å². The minimum Gasteiger partial charge on any atom is -0.385 e. The molecule has 124 valence electrons. The molecular weight excluding hydrogens is 288 g/mol. The SMILES string of the molecule is COCCC1(C(=O)NCCC2CCCNC2)CCCC1.Cl. The van der Waals surface area contributed by atoms with Gasteiger partial charge in [0.05, 0.1) is 5.41 Å². The summed E-state index contributed by atoms with van der Waals surface area (Å²) in [6.07, 6.45) is 9.00. The van der Waals surface area contributed by atoms with Crippen molar-refractivity contribution in [3.05, 3.63) is 0 Å². The third-order valence-electron chi connectivity index (χ3n) is 5.06. The van der Waals surface area contributed by atoms with E-state index in [0.29, 0.717) is 6.61 Å². The Morgan fingerprint density at radius 2 is 2.10 bits per heavy atom. The average Bonchev–Trinajstić information content (AvgIpc) is 2.96. The van der Waals surface area contributed by atoms with Crippen molar-refractivity contribution in [1.29, 1.82) is 0 Å². The molecule has 1 aliphatic heterocycles. The van der Waals surface area contributed by atoms with Gasteiger partial charge in [0.15, 0.2) is 0 Å². The van der Waals surface area contributed by atoms with E-state index in [1.165, 1.54) is 25.7 Å². The number of amides is 1. The molecule has 0 radical (unpaired) electrons. The highest BCUT2D eigenvalue weighted by Gasteiger charge is 2.40. The summed E-state index contributed by atoms with van der Waals surface area (Å²) in [4.78, 5) is 12.5. The van der Waals surface area contributed by atoms with E-state index in [1.54, 1.807) is 7.11 Å². The van der Waals surface area contributed by atoms with Crippen molar-refractivity contribution in [2.75, 3.05) is 33.4 Å². The molecule has 1 amide bonds. The zero-order valence-electron chi connectivity index (χ0n) is 13.3. The Labute approximate surface area is 135 Å². The molecule has 1 saturated heterocycles. The molecule has 1 heterocycles. The first-order valence-corrected chi connectivity index (χ1v) is 8.25. The number of hydrogen-bond donors (Lipinski definition) is 2. The summed E-state index contributed by atoms with van der Waals surface area (Å²) >= 11 is 0. The van der Waals surface area contributed by atoms with Crippen molar-refractivity contribution in [2.24, 2.45) is 11.3 Å². The molecule has 0 bridgehead atoms. The van der Waals surface area contributed by atoms with Crippen LogP contribution >= 0.6 is 12.4 Å².